The summed E-state index contributed by atoms with van der Waals surface area (Å²) in [5.74, 6) is -8.28. The molecule has 18 nitrogen and oxygen atoms in total. The van der Waals surface area contributed by atoms with Crippen LogP contribution >= 0.6 is 0 Å². The summed E-state index contributed by atoms with van der Waals surface area (Å²) in [6.07, 6.45) is -12.5. The summed E-state index contributed by atoms with van der Waals surface area (Å²) in [5.41, 5.74) is -11.2. The molecule has 5 N–H and O–H groups in total. The van der Waals surface area contributed by atoms with Gasteiger partial charge in [-0.15, -0.1) is 0 Å². The fourth-order valence-corrected chi connectivity index (χ4v) is 9.59. The minimum atomic E-state index is -2.48. The second kappa shape index (κ2) is 16.1. The van der Waals surface area contributed by atoms with Gasteiger partial charge in [0.2, 0.25) is 0 Å². The summed E-state index contributed by atoms with van der Waals surface area (Å²) >= 11 is 0. The number of hydrogen-bond donors (Lipinski definition) is 5. The average Bonchev–Trinajstić information content (AvgIpc) is 3.13. The Morgan fingerprint density at radius 1 is 0.934 bits per heavy atom. The molecule has 1 aromatic rings. The number of carbonyl (C=O) groups is 7. The number of ketones is 1. The Kier molecular flexibility index (Phi) is 12.4. The van der Waals surface area contributed by atoms with Gasteiger partial charge in [0, 0.05) is 32.1 Å². The molecule has 3 fully saturated rings. The first-order chi connectivity index (χ1) is 28.0. The first-order valence-electron chi connectivity index (χ1n) is 20.0. The third kappa shape index (κ3) is 8.03. The van der Waals surface area contributed by atoms with Gasteiger partial charge in [0.15, 0.2) is 23.6 Å². The lowest BCUT2D eigenvalue weighted by molar-refractivity contribution is -0.346. The van der Waals surface area contributed by atoms with Gasteiger partial charge >= 0.3 is 35.9 Å². The first kappa shape index (κ1) is 47.1. The van der Waals surface area contributed by atoms with Gasteiger partial charge in [-0.2, -0.15) is 0 Å². The van der Waals surface area contributed by atoms with Crippen LogP contribution in [-0.2, 0) is 52.4 Å². The van der Waals surface area contributed by atoms with Crippen LogP contribution in [0.3, 0.4) is 0 Å². The number of carboxylic acid groups (broad SMARTS) is 1. The fourth-order valence-electron chi connectivity index (χ4n) is 9.59. The van der Waals surface area contributed by atoms with Gasteiger partial charge in [0.25, 0.3) is 0 Å². The predicted molar refractivity (Wildman–Crippen MR) is 209 cm³/mol. The summed E-state index contributed by atoms with van der Waals surface area (Å²) in [4.78, 5) is 95.0. The number of rotatable bonds is 10. The summed E-state index contributed by atoms with van der Waals surface area (Å²) in [5, 5.41) is 49.5. The highest BCUT2D eigenvalue weighted by molar-refractivity contribution is 5.95. The van der Waals surface area contributed by atoms with Gasteiger partial charge in [-0.1, -0.05) is 32.0 Å². The molecule has 3 aliphatic carbocycles. The minimum absolute atomic E-state index is 0.0227. The number of hydrogen-bond acceptors (Lipinski definition) is 16. The lowest BCUT2D eigenvalue weighted by Crippen LogP contribution is -2.82. The molecule has 1 amide bonds. The van der Waals surface area contributed by atoms with Crippen LogP contribution < -0.4 is 5.32 Å². The van der Waals surface area contributed by atoms with Crippen molar-refractivity contribution in [2.75, 3.05) is 6.61 Å². The van der Waals surface area contributed by atoms with Gasteiger partial charge in [-0.25, -0.2) is 14.4 Å². The van der Waals surface area contributed by atoms with E-state index in [9.17, 15) is 49.2 Å². The number of aliphatic carboxylic acids is 1. The number of esters is 4. The maximum Gasteiger partial charge on any atom is 0.408 e. The van der Waals surface area contributed by atoms with E-state index in [1.165, 1.54) is 39.8 Å². The van der Waals surface area contributed by atoms with Crippen LogP contribution in [-0.4, -0.2) is 128 Å². The molecule has 11 atom stereocenters. The molecular formula is C43H57NO17. The van der Waals surface area contributed by atoms with Crippen LogP contribution in [0.15, 0.2) is 41.5 Å². The van der Waals surface area contributed by atoms with Gasteiger partial charge < -0.3 is 54.2 Å². The van der Waals surface area contributed by atoms with Crippen molar-refractivity contribution in [1.29, 1.82) is 0 Å². The monoisotopic (exact) mass is 859 g/mol. The van der Waals surface area contributed by atoms with Crippen LogP contribution in [0.5, 0.6) is 0 Å². The summed E-state index contributed by atoms with van der Waals surface area (Å²) in [7, 11) is 0. The second-order valence-corrected chi connectivity index (χ2v) is 18.8. The van der Waals surface area contributed by atoms with Crippen LogP contribution in [0.2, 0.25) is 0 Å². The van der Waals surface area contributed by atoms with Crippen molar-refractivity contribution in [1.82, 2.24) is 5.32 Å². The first-order valence-corrected chi connectivity index (χ1v) is 20.0. The molecule has 2 unspecified atom stereocenters. The van der Waals surface area contributed by atoms with E-state index in [1.54, 1.807) is 39.0 Å². The SMILES string of the molecule is CC(=O)O[C@H]1C(=O)[C@@]2(C)[C@H]([C@H](OC(=O)c3ccccc3)[C@]3(O)C[C@H](OC(=O)C(O)C(NC(=O)OC(C)(C)C)C(C)(C)C(=O)O)C(C)=C1C3(C)C)[C@]1(OC(C)=O)CO[C@@H]1C[C@@H]2O. The van der Waals surface area contributed by atoms with Gasteiger partial charge in [0.05, 0.1) is 41.1 Å². The van der Waals surface area contributed by atoms with E-state index in [1.807, 2.05) is 0 Å². The smallest absolute Gasteiger partial charge is 0.408 e. The van der Waals surface area contributed by atoms with Crippen LogP contribution in [0.25, 0.3) is 0 Å². The third-order valence-corrected chi connectivity index (χ3v) is 13.0. The number of amides is 1. The zero-order valence-electron chi connectivity index (χ0n) is 36.2. The van der Waals surface area contributed by atoms with E-state index in [-0.39, 0.29) is 29.7 Å². The van der Waals surface area contributed by atoms with E-state index >= 15 is 4.79 Å². The number of aliphatic hydroxyl groups is 3. The molecule has 1 heterocycles. The number of carbonyl (C=O) groups excluding carboxylic acids is 6. The minimum Gasteiger partial charge on any atom is -0.481 e. The Balaban J connectivity index is 1.74. The molecular weight excluding hydrogens is 802 g/mol. The lowest BCUT2D eigenvalue weighted by Gasteiger charge is -2.67. The van der Waals surface area contributed by atoms with Crippen molar-refractivity contribution in [3.63, 3.8) is 0 Å². The van der Waals surface area contributed by atoms with Crippen molar-refractivity contribution in [3.05, 3.63) is 47.0 Å². The topological polar surface area (TPSA) is 268 Å². The fraction of sp³-hybridized carbons (Fsp3) is 0.651. The van der Waals surface area contributed by atoms with Crippen molar-refractivity contribution < 1.29 is 82.4 Å². The average molecular weight is 860 g/mol. The molecule has 336 valence electrons. The Morgan fingerprint density at radius 2 is 1.54 bits per heavy atom. The summed E-state index contributed by atoms with van der Waals surface area (Å²) in [6.45, 7) is 14.5. The predicted octanol–water partition coefficient (Wildman–Crippen LogP) is 2.57. The van der Waals surface area contributed by atoms with E-state index in [0.29, 0.717) is 0 Å². The molecule has 1 aromatic carbocycles. The zero-order valence-corrected chi connectivity index (χ0v) is 36.2. The largest absolute Gasteiger partial charge is 0.481 e. The number of fused-ring (bicyclic) bond motifs is 5. The van der Waals surface area contributed by atoms with E-state index in [2.05, 4.69) is 5.32 Å². The quantitative estimate of drug-likeness (QED) is 0.129. The number of carboxylic acids is 1. The number of nitrogens with one attached hydrogen (secondary N) is 1. The maximum absolute atomic E-state index is 15.4. The second-order valence-electron chi connectivity index (χ2n) is 18.8. The van der Waals surface area contributed by atoms with E-state index in [0.717, 1.165) is 27.7 Å². The molecule has 0 spiro atoms. The maximum atomic E-state index is 15.4. The third-order valence-electron chi connectivity index (χ3n) is 13.0. The van der Waals surface area contributed by atoms with Crippen LogP contribution in [0.1, 0.15) is 99.4 Å². The zero-order chi connectivity index (χ0) is 46.0. The van der Waals surface area contributed by atoms with E-state index < -0.39 is 130 Å². The Hall–Kier alpha value is -4.91. The molecule has 61 heavy (non-hydrogen) atoms. The number of ether oxygens (including phenoxy) is 6. The number of Topliss-reactive ketones (excluding diaryl/α,β-unsaturated/α-hetero) is 1. The van der Waals surface area contributed by atoms with Gasteiger partial charge in [0.1, 0.15) is 29.5 Å². The lowest BCUT2D eigenvalue weighted by atomic mass is 9.44. The van der Waals surface area contributed by atoms with E-state index in [4.69, 9.17) is 28.4 Å². The highest BCUT2D eigenvalue weighted by Gasteiger charge is 2.78. The van der Waals surface area contributed by atoms with Crippen molar-refractivity contribution in [2.24, 2.45) is 22.2 Å². The van der Waals surface area contributed by atoms with Gasteiger partial charge in [-0.3, -0.25) is 19.2 Å². The number of benzene rings is 1. The highest BCUT2D eigenvalue weighted by Crippen LogP contribution is 2.64. The van der Waals surface area contributed by atoms with Crippen molar-refractivity contribution in [2.45, 2.75) is 148 Å². The molecule has 18 heteroatoms. The number of alkyl carbamates (subject to hydrolysis) is 1. The Bertz CT molecular complexity index is 2000. The molecule has 2 saturated carbocycles. The number of aliphatic hydroxyl groups excluding tert-OH is 2. The molecule has 5 rings (SSSR count). The normalized spacial score (nSPS) is 32.8. The Morgan fingerprint density at radius 3 is 2.05 bits per heavy atom. The standard InChI is InChI=1S/C43H57NO17/c1-20-24(58-35(51)28(48)31(39(7,8)36(52)53)44-37(54)61-38(4,5)6)18-43(55)33(59-34(50)23-15-13-12-14-16-23)30-41(11,25(47)17-26-42(30,19-56-26)60-22(3)46)32(49)29(57-21(2)45)27(20)40(43,9)10/h12-16,24-26,28-31,33,47-48,55H,17-19H2,1-11H3,(H,44,54)(H,52,53)/t24-,25-,26+,28?,29+,30-,31?,33-,41+,42-,43+/m0/s1. The molecule has 1 saturated heterocycles. The summed E-state index contributed by atoms with van der Waals surface area (Å²) < 4.78 is 35.1. The van der Waals surface area contributed by atoms with Crippen molar-refractivity contribution in [3.8, 4) is 0 Å². The molecule has 0 radical (unpaired) electrons. The van der Waals surface area contributed by atoms with Crippen LogP contribution in [0, 0.1) is 22.2 Å². The van der Waals surface area contributed by atoms with Crippen molar-refractivity contribution >= 4 is 41.7 Å². The Labute approximate surface area is 353 Å². The van der Waals surface area contributed by atoms with Crippen LogP contribution in [0.4, 0.5) is 4.79 Å². The highest BCUT2D eigenvalue weighted by atomic mass is 16.6. The summed E-state index contributed by atoms with van der Waals surface area (Å²) in [6, 6.07) is 5.79. The molecule has 1 aliphatic heterocycles. The molecule has 2 bridgehead atoms. The van der Waals surface area contributed by atoms with Gasteiger partial charge in [-0.05, 0) is 71.7 Å². The molecule has 4 aliphatic rings. The molecule has 0 aromatic heterocycles.